The second-order valence-corrected chi connectivity index (χ2v) is 5.09. The number of nitrogen functional groups attached to an aromatic ring is 1. The highest BCUT2D eigenvalue weighted by atomic mass is 32.1. The largest absolute Gasteiger partial charge is 0.399 e. The van der Waals surface area contributed by atoms with E-state index in [0.29, 0.717) is 0 Å². The third-order valence-electron chi connectivity index (χ3n) is 2.77. The summed E-state index contributed by atoms with van der Waals surface area (Å²) in [7, 11) is 0. The summed E-state index contributed by atoms with van der Waals surface area (Å²) in [5.74, 6) is 0. The van der Waals surface area contributed by atoms with E-state index in [9.17, 15) is 0 Å². The van der Waals surface area contributed by atoms with Crippen LogP contribution in [-0.4, -0.2) is 9.55 Å². The van der Waals surface area contributed by atoms with Gasteiger partial charge in [-0.05, 0) is 30.5 Å². The molecule has 17 heavy (non-hydrogen) atoms. The third kappa shape index (κ3) is 1.91. The summed E-state index contributed by atoms with van der Waals surface area (Å²) in [4.78, 5) is 4.48. The van der Waals surface area contributed by atoms with Crippen LogP contribution < -0.4 is 5.73 Å². The SMILES string of the molecule is Cc1csc(Cn2ccc3ccc(N)cc32)n1. The fourth-order valence-electron chi connectivity index (χ4n) is 1.96. The first kappa shape index (κ1) is 10.4. The minimum Gasteiger partial charge on any atom is -0.399 e. The Hall–Kier alpha value is -1.81. The van der Waals surface area contributed by atoms with Gasteiger partial charge < -0.3 is 10.3 Å². The lowest BCUT2D eigenvalue weighted by atomic mass is 10.2. The molecule has 0 radical (unpaired) electrons. The number of aromatic nitrogens is 2. The standard InChI is InChI=1S/C13H13N3S/c1-9-8-17-13(15-9)7-16-5-4-10-2-3-11(14)6-12(10)16/h2-6,8H,7,14H2,1H3. The predicted octanol–water partition coefficient (Wildman–Crippen LogP) is 3.04. The van der Waals surface area contributed by atoms with Gasteiger partial charge >= 0.3 is 0 Å². The number of fused-ring (bicyclic) bond motifs is 1. The lowest BCUT2D eigenvalue weighted by Crippen LogP contribution is -1.97. The second-order valence-electron chi connectivity index (χ2n) is 4.14. The van der Waals surface area contributed by atoms with E-state index in [-0.39, 0.29) is 0 Å². The molecule has 2 aromatic heterocycles. The Labute approximate surface area is 104 Å². The molecular weight excluding hydrogens is 230 g/mol. The molecule has 86 valence electrons. The smallest absolute Gasteiger partial charge is 0.113 e. The Morgan fingerprint density at radius 3 is 3.00 bits per heavy atom. The number of nitrogens with zero attached hydrogens (tertiary/aromatic N) is 2. The molecule has 0 bridgehead atoms. The maximum atomic E-state index is 5.82. The van der Waals surface area contributed by atoms with Crippen LogP contribution in [0.3, 0.4) is 0 Å². The number of rotatable bonds is 2. The van der Waals surface area contributed by atoms with Gasteiger partial charge in [0.05, 0.1) is 12.1 Å². The van der Waals surface area contributed by atoms with Gasteiger partial charge in [0.25, 0.3) is 0 Å². The first-order chi connectivity index (χ1) is 8.22. The van der Waals surface area contributed by atoms with Gasteiger partial charge in [0.15, 0.2) is 0 Å². The molecule has 1 aromatic carbocycles. The molecule has 3 nitrogen and oxygen atoms in total. The van der Waals surface area contributed by atoms with Crippen LogP contribution in [-0.2, 0) is 6.54 Å². The van der Waals surface area contributed by atoms with Crippen molar-refractivity contribution in [1.82, 2.24) is 9.55 Å². The number of hydrogen-bond acceptors (Lipinski definition) is 3. The molecule has 0 amide bonds. The van der Waals surface area contributed by atoms with E-state index < -0.39 is 0 Å². The van der Waals surface area contributed by atoms with Gasteiger partial charge in [0.2, 0.25) is 0 Å². The van der Waals surface area contributed by atoms with Gasteiger partial charge in [0.1, 0.15) is 5.01 Å². The molecule has 0 saturated carbocycles. The number of anilines is 1. The predicted molar refractivity (Wildman–Crippen MR) is 72.3 cm³/mol. The molecule has 4 heteroatoms. The van der Waals surface area contributed by atoms with E-state index in [4.69, 9.17) is 5.73 Å². The van der Waals surface area contributed by atoms with Crippen molar-refractivity contribution < 1.29 is 0 Å². The van der Waals surface area contributed by atoms with Crippen LogP contribution in [0.15, 0.2) is 35.8 Å². The maximum Gasteiger partial charge on any atom is 0.113 e. The van der Waals surface area contributed by atoms with Crippen molar-refractivity contribution in [2.24, 2.45) is 0 Å². The van der Waals surface area contributed by atoms with Gasteiger partial charge in [-0.15, -0.1) is 11.3 Å². The molecular formula is C13H13N3S. The van der Waals surface area contributed by atoms with Crippen molar-refractivity contribution in [2.75, 3.05) is 5.73 Å². The molecule has 0 fully saturated rings. The van der Waals surface area contributed by atoms with Crippen LogP contribution in [0.4, 0.5) is 5.69 Å². The van der Waals surface area contributed by atoms with Crippen LogP contribution in [0, 0.1) is 6.92 Å². The van der Waals surface area contributed by atoms with Gasteiger partial charge in [-0.25, -0.2) is 4.98 Å². The van der Waals surface area contributed by atoms with Gasteiger partial charge in [-0.1, -0.05) is 6.07 Å². The summed E-state index contributed by atoms with van der Waals surface area (Å²) >= 11 is 1.70. The Balaban J connectivity index is 2.03. The first-order valence-corrected chi connectivity index (χ1v) is 6.36. The number of benzene rings is 1. The highest BCUT2D eigenvalue weighted by molar-refractivity contribution is 7.09. The van der Waals surface area contributed by atoms with E-state index in [0.717, 1.165) is 28.5 Å². The Morgan fingerprint density at radius 1 is 1.35 bits per heavy atom. The van der Waals surface area contributed by atoms with E-state index in [2.05, 4.69) is 27.2 Å². The fourth-order valence-corrected chi connectivity index (χ4v) is 2.73. The van der Waals surface area contributed by atoms with E-state index in [1.165, 1.54) is 5.39 Å². The van der Waals surface area contributed by atoms with Crippen molar-refractivity contribution in [3.63, 3.8) is 0 Å². The molecule has 2 heterocycles. The van der Waals surface area contributed by atoms with E-state index >= 15 is 0 Å². The monoisotopic (exact) mass is 243 g/mol. The highest BCUT2D eigenvalue weighted by Gasteiger charge is 2.04. The number of nitrogens with two attached hydrogens (primary N) is 1. The molecule has 0 unspecified atom stereocenters. The minimum atomic E-state index is 0.799. The van der Waals surface area contributed by atoms with E-state index in [1.807, 2.05) is 25.1 Å². The van der Waals surface area contributed by atoms with Crippen LogP contribution in [0.2, 0.25) is 0 Å². The van der Waals surface area contributed by atoms with Crippen LogP contribution in [0.25, 0.3) is 10.9 Å². The normalized spacial score (nSPS) is 11.1. The number of aryl methyl sites for hydroxylation is 1. The Bertz CT molecular complexity index is 666. The zero-order chi connectivity index (χ0) is 11.8. The molecule has 0 aliphatic carbocycles. The maximum absolute atomic E-state index is 5.82. The van der Waals surface area contributed by atoms with Crippen molar-refractivity contribution in [2.45, 2.75) is 13.5 Å². The highest BCUT2D eigenvalue weighted by Crippen LogP contribution is 2.20. The summed E-state index contributed by atoms with van der Waals surface area (Å²) < 4.78 is 2.18. The van der Waals surface area contributed by atoms with Crippen LogP contribution >= 0.6 is 11.3 Å². The summed E-state index contributed by atoms with van der Waals surface area (Å²) in [6.07, 6.45) is 2.08. The fraction of sp³-hybridized carbons (Fsp3) is 0.154. The number of hydrogen-bond donors (Lipinski definition) is 1. The summed E-state index contributed by atoms with van der Waals surface area (Å²) in [6.45, 7) is 2.83. The van der Waals surface area contributed by atoms with Crippen molar-refractivity contribution >= 4 is 27.9 Å². The molecule has 0 spiro atoms. The first-order valence-electron chi connectivity index (χ1n) is 5.48. The quantitative estimate of drug-likeness (QED) is 0.703. The van der Waals surface area contributed by atoms with E-state index in [1.54, 1.807) is 11.3 Å². The molecule has 0 atom stereocenters. The average molecular weight is 243 g/mol. The zero-order valence-corrected chi connectivity index (χ0v) is 10.4. The van der Waals surface area contributed by atoms with Gasteiger partial charge in [0, 0.05) is 23.0 Å². The molecule has 0 aliphatic rings. The third-order valence-corrected chi connectivity index (χ3v) is 3.72. The van der Waals surface area contributed by atoms with Crippen molar-refractivity contribution in [3.05, 3.63) is 46.5 Å². The number of thiazole rings is 1. The summed E-state index contributed by atoms with van der Waals surface area (Å²) in [5, 5.41) is 4.42. The lowest BCUT2D eigenvalue weighted by molar-refractivity contribution is 0.825. The van der Waals surface area contributed by atoms with Gasteiger partial charge in [-0.2, -0.15) is 0 Å². The molecule has 0 aliphatic heterocycles. The average Bonchev–Trinajstić information content (AvgIpc) is 2.87. The minimum absolute atomic E-state index is 0.799. The van der Waals surface area contributed by atoms with Crippen LogP contribution in [0.5, 0.6) is 0 Å². The Kier molecular flexibility index (Phi) is 2.37. The lowest BCUT2D eigenvalue weighted by Gasteiger charge is -2.03. The molecule has 3 aromatic rings. The molecule has 2 N–H and O–H groups in total. The van der Waals surface area contributed by atoms with Crippen molar-refractivity contribution in [3.8, 4) is 0 Å². The van der Waals surface area contributed by atoms with Gasteiger partial charge in [-0.3, -0.25) is 0 Å². The summed E-state index contributed by atoms with van der Waals surface area (Å²) in [6, 6.07) is 8.10. The topological polar surface area (TPSA) is 43.8 Å². The summed E-state index contributed by atoms with van der Waals surface area (Å²) in [5.41, 5.74) is 8.87. The second kappa shape index (κ2) is 3.89. The zero-order valence-electron chi connectivity index (χ0n) is 9.55. The molecule has 0 saturated heterocycles. The van der Waals surface area contributed by atoms with Crippen LogP contribution in [0.1, 0.15) is 10.7 Å². The van der Waals surface area contributed by atoms with Crippen molar-refractivity contribution in [1.29, 1.82) is 0 Å². The molecule has 3 rings (SSSR count). The Morgan fingerprint density at radius 2 is 2.24 bits per heavy atom.